The van der Waals surface area contributed by atoms with Gasteiger partial charge in [0.2, 0.25) is 0 Å². The summed E-state index contributed by atoms with van der Waals surface area (Å²) in [5, 5.41) is 0.735. The highest BCUT2D eigenvalue weighted by Gasteiger charge is 2.16. The lowest BCUT2D eigenvalue weighted by atomic mass is 10.1. The molecule has 90 valence electrons. The lowest BCUT2D eigenvalue weighted by molar-refractivity contribution is 0.224. The number of benzene rings is 1. The van der Waals surface area contributed by atoms with E-state index in [4.69, 9.17) is 17.3 Å². The summed E-state index contributed by atoms with van der Waals surface area (Å²) in [4.78, 5) is 2.34. The number of hydrogen-bond donors (Lipinski definition) is 1. The summed E-state index contributed by atoms with van der Waals surface area (Å²) in [6.07, 6.45) is 0. The number of likely N-dealkylation sites (N-methyl/N-ethyl adjacent to an activating group) is 1. The van der Waals surface area contributed by atoms with Crippen molar-refractivity contribution in [3.63, 3.8) is 0 Å². The zero-order valence-corrected chi connectivity index (χ0v) is 12.1. The molecule has 0 radical (unpaired) electrons. The van der Waals surface area contributed by atoms with Gasteiger partial charge in [-0.25, -0.2) is 0 Å². The molecule has 0 heterocycles. The topological polar surface area (TPSA) is 29.3 Å². The van der Waals surface area contributed by atoms with E-state index in [1.807, 2.05) is 12.1 Å². The van der Waals surface area contributed by atoms with E-state index in [9.17, 15) is 0 Å². The molecule has 1 aromatic carbocycles. The van der Waals surface area contributed by atoms with Crippen LogP contribution < -0.4 is 5.73 Å². The highest BCUT2D eigenvalue weighted by atomic mass is 79.9. The third-order valence-electron chi connectivity index (χ3n) is 2.80. The number of hydrogen-bond acceptors (Lipinski definition) is 2. The highest BCUT2D eigenvalue weighted by Crippen LogP contribution is 2.28. The molecule has 0 aromatic heterocycles. The number of nitrogens with zero attached hydrogens (tertiary/aromatic N) is 1. The number of rotatable bonds is 5. The Labute approximate surface area is 111 Å². The van der Waals surface area contributed by atoms with Gasteiger partial charge in [-0.1, -0.05) is 31.5 Å². The van der Waals surface area contributed by atoms with Gasteiger partial charge in [-0.05, 0) is 46.7 Å². The van der Waals surface area contributed by atoms with Crippen LogP contribution in [0.5, 0.6) is 0 Å². The van der Waals surface area contributed by atoms with Crippen LogP contribution in [0.25, 0.3) is 0 Å². The van der Waals surface area contributed by atoms with Crippen molar-refractivity contribution in [1.29, 1.82) is 0 Å². The van der Waals surface area contributed by atoms with E-state index in [0.29, 0.717) is 6.54 Å². The Bertz CT molecular complexity index is 340. The fourth-order valence-electron chi connectivity index (χ4n) is 1.88. The predicted octanol–water partition coefficient (Wildman–Crippen LogP) is 3.44. The second-order valence-corrected chi connectivity index (χ2v) is 4.91. The first-order chi connectivity index (χ1) is 7.63. The van der Waals surface area contributed by atoms with Crippen molar-refractivity contribution < 1.29 is 0 Å². The lowest BCUT2D eigenvalue weighted by Crippen LogP contribution is -2.33. The molecule has 16 heavy (non-hydrogen) atoms. The first kappa shape index (κ1) is 14.0. The Morgan fingerprint density at radius 2 is 2.00 bits per heavy atom. The predicted molar refractivity (Wildman–Crippen MR) is 73.9 cm³/mol. The fourth-order valence-corrected chi connectivity index (χ4v) is 2.39. The van der Waals surface area contributed by atoms with Crippen LogP contribution in [0, 0.1) is 0 Å². The third kappa shape index (κ3) is 3.20. The second kappa shape index (κ2) is 6.60. The first-order valence-corrected chi connectivity index (χ1v) is 6.70. The maximum Gasteiger partial charge on any atom is 0.0548 e. The minimum atomic E-state index is 0.267. The van der Waals surface area contributed by atoms with Gasteiger partial charge in [-0.15, -0.1) is 0 Å². The first-order valence-electron chi connectivity index (χ1n) is 5.53. The van der Waals surface area contributed by atoms with Gasteiger partial charge in [0.1, 0.15) is 0 Å². The summed E-state index contributed by atoms with van der Waals surface area (Å²) >= 11 is 9.43. The van der Waals surface area contributed by atoms with E-state index in [2.05, 4.69) is 40.7 Å². The zero-order valence-electron chi connectivity index (χ0n) is 9.71. The van der Waals surface area contributed by atoms with Crippen LogP contribution in [0.15, 0.2) is 22.7 Å². The van der Waals surface area contributed by atoms with Gasteiger partial charge in [-0.3, -0.25) is 4.90 Å². The van der Waals surface area contributed by atoms with E-state index in [1.54, 1.807) is 0 Å². The van der Waals surface area contributed by atoms with Crippen LogP contribution in [-0.2, 0) is 0 Å². The van der Waals surface area contributed by atoms with Crippen LogP contribution in [-0.4, -0.2) is 24.5 Å². The van der Waals surface area contributed by atoms with Crippen LogP contribution in [0.3, 0.4) is 0 Å². The Balaban J connectivity index is 2.98. The largest absolute Gasteiger partial charge is 0.329 e. The monoisotopic (exact) mass is 304 g/mol. The van der Waals surface area contributed by atoms with Crippen molar-refractivity contribution in [2.45, 2.75) is 19.9 Å². The molecule has 1 unspecified atom stereocenters. The van der Waals surface area contributed by atoms with Gasteiger partial charge in [0, 0.05) is 17.1 Å². The van der Waals surface area contributed by atoms with Crippen LogP contribution >= 0.6 is 27.5 Å². The zero-order chi connectivity index (χ0) is 12.1. The van der Waals surface area contributed by atoms with E-state index in [-0.39, 0.29) is 6.04 Å². The summed E-state index contributed by atoms with van der Waals surface area (Å²) in [6, 6.07) is 6.28. The summed E-state index contributed by atoms with van der Waals surface area (Å²) in [6.45, 7) is 6.92. The van der Waals surface area contributed by atoms with Crippen LogP contribution in [0.2, 0.25) is 5.02 Å². The Hall–Kier alpha value is -0.0900. The molecule has 0 aliphatic rings. The van der Waals surface area contributed by atoms with E-state index >= 15 is 0 Å². The molecule has 1 atom stereocenters. The maximum atomic E-state index is 5.98. The van der Waals surface area contributed by atoms with Crippen molar-refractivity contribution in [3.8, 4) is 0 Å². The van der Waals surface area contributed by atoms with Crippen LogP contribution in [0.4, 0.5) is 0 Å². The van der Waals surface area contributed by atoms with Crippen molar-refractivity contribution in [3.05, 3.63) is 33.3 Å². The third-order valence-corrected chi connectivity index (χ3v) is 4.02. The smallest absolute Gasteiger partial charge is 0.0548 e. The Kier molecular flexibility index (Phi) is 5.76. The number of nitrogens with two attached hydrogens (primary N) is 1. The molecule has 1 aromatic rings. The summed E-state index contributed by atoms with van der Waals surface area (Å²) in [5.74, 6) is 0. The SMILES string of the molecule is CCN(CC)C(CN)c1ccc(Cl)c(Br)c1. The molecule has 0 saturated heterocycles. The highest BCUT2D eigenvalue weighted by molar-refractivity contribution is 9.10. The molecule has 0 spiro atoms. The van der Waals surface area contributed by atoms with Gasteiger partial charge in [0.05, 0.1) is 5.02 Å². The molecular weight excluding hydrogens is 288 g/mol. The summed E-state index contributed by atoms with van der Waals surface area (Å²) in [7, 11) is 0. The average Bonchev–Trinajstić information content (AvgIpc) is 2.29. The minimum absolute atomic E-state index is 0.267. The van der Waals surface area contributed by atoms with E-state index in [0.717, 1.165) is 22.6 Å². The lowest BCUT2D eigenvalue weighted by Gasteiger charge is -2.29. The van der Waals surface area contributed by atoms with E-state index < -0.39 is 0 Å². The maximum absolute atomic E-state index is 5.98. The molecule has 4 heteroatoms. The minimum Gasteiger partial charge on any atom is -0.329 e. The van der Waals surface area contributed by atoms with Crippen molar-refractivity contribution >= 4 is 27.5 Å². The standard InChI is InChI=1S/C12H18BrClN2/c1-3-16(4-2)12(8-15)9-5-6-11(14)10(13)7-9/h5-7,12H,3-4,8,15H2,1-2H3. The Morgan fingerprint density at radius 1 is 1.38 bits per heavy atom. The van der Waals surface area contributed by atoms with Gasteiger partial charge in [0.15, 0.2) is 0 Å². The molecule has 1 rings (SSSR count). The molecule has 2 nitrogen and oxygen atoms in total. The summed E-state index contributed by atoms with van der Waals surface area (Å²) in [5.41, 5.74) is 7.07. The van der Waals surface area contributed by atoms with Gasteiger partial charge in [0.25, 0.3) is 0 Å². The molecule has 0 amide bonds. The number of halogens is 2. The van der Waals surface area contributed by atoms with Crippen LogP contribution in [0.1, 0.15) is 25.5 Å². The molecule has 0 aliphatic carbocycles. The molecule has 0 aliphatic heterocycles. The van der Waals surface area contributed by atoms with Crippen molar-refractivity contribution in [2.24, 2.45) is 5.73 Å². The summed E-state index contributed by atoms with van der Waals surface area (Å²) < 4.78 is 0.928. The fraction of sp³-hybridized carbons (Fsp3) is 0.500. The molecule has 0 fully saturated rings. The Morgan fingerprint density at radius 3 is 2.44 bits per heavy atom. The normalized spacial score (nSPS) is 13.1. The molecule has 2 N–H and O–H groups in total. The second-order valence-electron chi connectivity index (χ2n) is 3.65. The van der Waals surface area contributed by atoms with Crippen molar-refractivity contribution in [1.82, 2.24) is 4.90 Å². The van der Waals surface area contributed by atoms with Crippen molar-refractivity contribution in [2.75, 3.05) is 19.6 Å². The molecule has 0 bridgehead atoms. The molecular formula is C12H18BrClN2. The van der Waals surface area contributed by atoms with Gasteiger partial charge < -0.3 is 5.73 Å². The van der Waals surface area contributed by atoms with E-state index in [1.165, 1.54) is 5.56 Å². The average molecular weight is 306 g/mol. The van der Waals surface area contributed by atoms with Gasteiger partial charge >= 0.3 is 0 Å². The quantitative estimate of drug-likeness (QED) is 0.903. The van der Waals surface area contributed by atoms with Gasteiger partial charge in [-0.2, -0.15) is 0 Å². The molecule has 0 saturated carbocycles.